The molecule has 0 amide bonds. The second-order valence-corrected chi connectivity index (χ2v) is 4.68. The molecule has 0 aromatic carbocycles. The van der Waals surface area contributed by atoms with E-state index in [1.54, 1.807) is 14.2 Å². The smallest absolute Gasteiger partial charge is 0.332 e. The average Bonchev–Trinajstić information content (AvgIpc) is 2.76. The molecule has 0 fully saturated rings. The number of hydrogen-bond acceptors (Lipinski definition) is 5. The van der Waals surface area contributed by atoms with E-state index in [0.717, 1.165) is 4.57 Å². The van der Waals surface area contributed by atoms with Gasteiger partial charge in [-0.25, -0.2) is 4.79 Å². The van der Waals surface area contributed by atoms with Gasteiger partial charge in [-0.15, -0.1) is 0 Å². The van der Waals surface area contributed by atoms with Gasteiger partial charge in [0.15, 0.2) is 10.3 Å². The summed E-state index contributed by atoms with van der Waals surface area (Å²) in [5, 5.41) is 0. The molecule has 8 nitrogen and oxygen atoms in total. The van der Waals surface area contributed by atoms with Gasteiger partial charge < -0.3 is 14.5 Å². The monoisotopic (exact) mass is 300 g/mol. The Bertz CT molecular complexity index is 798. The number of aryl methyl sites for hydroxylation is 1. The minimum Gasteiger partial charge on any atom is -0.382 e. The summed E-state index contributed by atoms with van der Waals surface area (Å²) in [7, 11) is 4.58. The number of nitrogens with zero attached hydrogens (tertiary/aromatic N) is 3. The molecule has 0 saturated carbocycles. The molecule has 0 spiro atoms. The van der Waals surface area contributed by atoms with E-state index in [9.17, 15) is 9.59 Å². The van der Waals surface area contributed by atoms with Crippen molar-refractivity contribution in [2.45, 2.75) is 6.73 Å². The molecule has 0 radical (unpaired) electrons. The third kappa shape index (κ3) is 2.35. The van der Waals surface area contributed by atoms with E-state index >= 15 is 0 Å². The van der Waals surface area contributed by atoms with Gasteiger partial charge in [-0.05, 0) is 12.2 Å². The second kappa shape index (κ2) is 5.73. The first kappa shape index (κ1) is 14.7. The zero-order valence-corrected chi connectivity index (χ0v) is 12.3. The number of rotatable bonds is 5. The third-order valence-electron chi connectivity index (χ3n) is 3.03. The molecule has 0 aliphatic rings. The maximum atomic E-state index is 12.2. The summed E-state index contributed by atoms with van der Waals surface area (Å²) < 4.78 is 14.5. The van der Waals surface area contributed by atoms with E-state index in [1.165, 1.54) is 16.2 Å². The highest BCUT2D eigenvalue weighted by Crippen LogP contribution is 2.07. The molecule has 20 heavy (non-hydrogen) atoms. The van der Waals surface area contributed by atoms with Crippen molar-refractivity contribution < 1.29 is 9.47 Å². The number of aromatic amines is 1. The van der Waals surface area contributed by atoms with Crippen LogP contribution in [0.4, 0.5) is 0 Å². The number of ether oxygens (including phenoxy) is 2. The van der Waals surface area contributed by atoms with Crippen LogP contribution in [0.5, 0.6) is 0 Å². The van der Waals surface area contributed by atoms with Crippen molar-refractivity contribution in [2.75, 3.05) is 20.3 Å². The Morgan fingerprint density at radius 3 is 2.55 bits per heavy atom. The van der Waals surface area contributed by atoms with E-state index in [1.807, 2.05) is 0 Å². The van der Waals surface area contributed by atoms with Crippen LogP contribution in [0.25, 0.3) is 11.2 Å². The van der Waals surface area contributed by atoms with Crippen LogP contribution < -0.4 is 11.2 Å². The molecule has 2 rings (SSSR count). The number of imidazole rings is 1. The van der Waals surface area contributed by atoms with Crippen LogP contribution in [0, 0.1) is 4.77 Å². The first-order valence-corrected chi connectivity index (χ1v) is 6.35. The van der Waals surface area contributed by atoms with Crippen molar-refractivity contribution in [3.8, 4) is 0 Å². The molecular formula is C11H16N4O4S. The predicted octanol–water partition coefficient (Wildman–Crippen LogP) is -0.283. The van der Waals surface area contributed by atoms with Gasteiger partial charge >= 0.3 is 5.69 Å². The Kier molecular flexibility index (Phi) is 4.21. The van der Waals surface area contributed by atoms with Crippen LogP contribution in [0.3, 0.4) is 0 Å². The van der Waals surface area contributed by atoms with Crippen LogP contribution in [0.1, 0.15) is 0 Å². The maximum Gasteiger partial charge on any atom is 0.332 e. The van der Waals surface area contributed by atoms with Crippen molar-refractivity contribution in [3.63, 3.8) is 0 Å². The maximum absolute atomic E-state index is 12.2. The number of fused-ring (bicyclic) bond motifs is 1. The molecule has 0 aliphatic carbocycles. The van der Waals surface area contributed by atoms with Crippen molar-refractivity contribution in [1.29, 1.82) is 0 Å². The van der Waals surface area contributed by atoms with Crippen LogP contribution in [-0.4, -0.2) is 39.0 Å². The van der Waals surface area contributed by atoms with Crippen LogP contribution in [0.2, 0.25) is 0 Å². The van der Waals surface area contributed by atoms with Crippen LogP contribution in [-0.2, 0) is 30.3 Å². The lowest BCUT2D eigenvalue weighted by atomic mass is 10.5. The summed E-state index contributed by atoms with van der Waals surface area (Å²) in [6.45, 7) is 0.957. The van der Waals surface area contributed by atoms with Gasteiger partial charge in [0.05, 0.1) is 13.2 Å². The number of aromatic nitrogens is 4. The fourth-order valence-corrected chi connectivity index (χ4v) is 2.15. The van der Waals surface area contributed by atoms with Gasteiger partial charge in [-0.2, -0.15) is 0 Å². The molecule has 110 valence electrons. The zero-order chi connectivity index (χ0) is 14.9. The summed E-state index contributed by atoms with van der Waals surface area (Å²) in [6, 6.07) is 0. The Labute approximate surface area is 119 Å². The highest BCUT2D eigenvalue weighted by atomic mass is 32.1. The molecule has 2 aromatic heterocycles. The number of hydrogen-bond donors (Lipinski definition) is 1. The molecular weight excluding hydrogens is 284 g/mol. The Morgan fingerprint density at radius 1 is 1.20 bits per heavy atom. The lowest BCUT2D eigenvalue weighted by Crippen LogP contribution is -2.37. The van der Waals surface area contributed by atoms with E-state index < -0.39 is 11.2 Å². The van der Waals surface area contributed by atoms with Crippen LogP contribution >= 0.6 is 12.2 Å². The molecule has 0 unspecified atom stereocenters. The summed E-state index contributed by atoms with van der Waals surface area (Å²) in [5.74, 6) is 0. The van der Waals surface area contributed by atoms with E-state index in [0.29, 0.717) is 29.1 Å². The predicted molar refractivity (Wildman–Crippen MR) is 75.4 cm³/mol. The van der Waals surface area contributed by atoms with Crippen molar-refractivity contribution in [1.82, 2.24) is 18.7 Å². The van der Waals surface area contributed by atoms with E-state index in [2.05, 4.69) is 4.98 Å². The first-order chi connectivity index (χ1) is 9.49. The molecule has 0 saturated heterocycles. The molecule has 2 aromatic rings. The summed E-state index contributed by atoms with van der Waals surface area (Å²) in [5.41, 5.74) is -0.118. The minimum absolute atomic E-state index is 0.121. The van der Waals surface area contributed by atoms with Gasteiger partial charge in [-0.1, -0.05) is 0 Å². The van der Waals surface area contributed by atoms with Crippen molar-refractivity contribution in [2.24, 2.45) is 14.1 Å². The number of nitrogens with one attached hydrogen (secondary N) is 1. The van der Waals surface area contributed by atoms with Gasteiger partial charge in [-0.3, -0.25) is 18.5 Å². The minimum atomic E-state index is -0.411. The first-order valence-electron chi connectivity index (χ1n) is 5.94. The summed E-state index contributed by atoms with van der Waals surface area (Å²) in [4.78, 5) is 26.9. The molecule has 0 atom stereocenters. The van der Waals surface area contributed by atoms with Crippen molar-refractivity contribution >= 4 is 23.4 Å². The third-order valence-corrected chi connectivity index (χ3v) is 3.36. The van der Waals surface area contributed by atoms with Gasteiger partial charge in [0.2, 0.25) is 0 Å². The second-order valence-electron chi connectivity index (χ2n) is 4.29. The Hall–Kier alpha value is -1.71. The van der Waals surface area contributed by atoms with E-state index in [-0.39, 0.29) is 6.73 Å². The fourth-order valence-electron chi connectivity index (χ4n) is 1.90. The van der Waals surface area contributed by atoms with Gasteiger partial charge in [0.25, 0.3) is 5.56 Å². The topological polar surface area (TPSA) is 83.2 Å². The standard InChI is InChI=1S/C11H16N4O4S/c1-13-8-7(9(16)14(2)11(13)17)15(10(20)12-8)6-19-5-4-18-3/h4-6H2,1-3H3,(H,12,20). The molecule has 0 aliphatic heterocycles. The van der Waals surface area contributed by atoms with Gasteiger partial charge in [0.1, 0.15) is 12.4 Å². The summed E-state index contributed by atoms with van der Waals surface area (Å²) >= 11 is 5.17. The lowest BCUT2D eigenvalue weighted by Gasteiger charge is -2.07. The Balaban J connectivity index is 2.56. The molecule has 9 heteroatoms. The zero-order valence-electron chi connectivity index (χ0n) is 11.5. The quantitative estimate of drug-likeness (QED) is 0.606. The number of methoxy groups -OCH3 is 1. The highest BCUT2D eigenvalue weighted by Gasteiger charge is 2.14. The Morgan fingerprint density at radius 2 is 1.90 bits per heavy atom. The normalized spacial score (nSPS) is 11.3. The highest BCUT2D eigenvalue weighted by molar-refractivity contribution is 7.71. The molecule has 1 N–H and O–H groups in total. The molecule has 2 heterocycles. The fraction of sp³-hybridized carbons (Fsp3) is 0.545. The number of H-pyrrole nitrogens is 1. The lowest BCUT2D eigenvalue weighted by molar-refractivity contribution is 0.0352. The van der Waals surface area contributed by atoms with Crippen molar-refractivity contribution in [3.05, 3.63) is 25.6 Å². The summed E-state index contributed by atoms with van der Waals surface area (Å²) in [6.07, 6.45) is 0. The van der Waals surface area contributed by atoms with E-state index in [4.69, 9.17) is 21.7 Å². The SMILES string of the molecule is COCCOCn1c(=S)[nH]c2c1c(=O)n(C)c(=O)n2C. The van der Waals surface area contributed by atoms with Crippen LogP contribution in [0.15, 0.2) is 9.59 Å². The largest absolute Gasteiger partial charge is 0.382 e. The average molecular weight is 300 g/mol. The van der Waals surface area contributed by atoms with Gasteiger partial charge in [0, 0.05) is 21.2 Å². The molecule has 0 bridgehead atoms.